The SMILES string of the molecule is O=S(=O)(Nc1ccc(-c2noc(C3CCC3)n2)cc1)c1ccccc1. The van der Waals surface area contributed by atoms with Crippen molar-refractivity contribution in [2.24, 2.45) is 0 Å². The summed E-state index contributed by atoms with van der Waals surface area (Å²) in [6, 6.07) is 15.2. The van der Waals surface area contributed by atoms with E-state index in [0.717, 1.165) is 18.4 Å². The summed E-state index contributed by atoms with van der Waals surface area (Å²) in [5.41, 5.74) is 1.27. The predicted molar refractivity (Wildman–Crippen MR) is 93.6 cm³/mol. The Labute approximate surface area is 145 Å². The van der Waals surface area contributed by atoms with Crippen molar-refractivity contribution < 1.29 is 12.9 Å². The van der Waals surface area contributed by atoms with Crippen LogP contribution in [0.3, 0.4) is 0 Å². The Balaban J connectivity index is 1.51. The lowest BCUT2D eigenvalue weighted by atomic mass is 9.85. The van der Waals surface area contributed by atoms with Crippen molar-refractivity contribution in [1.29, 1.82) is 0 Å². The van der Waals surface area contributed by atoms with Gasteiger partial charge in [-0.3, -0.25) is 4.72 Å². The first kappa shape index (κ1) is 15.8. The van der Waals surface area contributed by atoms with Crippen LogP contribution in [0.2, 0.25) is 0 Å². The van der Waals surface area contributed by atoms with Crippen LogP contribution in [-0.2, 0) is 10.0 Å². The highest BCUT2D eigenvalue weighted by molar-refractivity contribution is 7.92. The van der Waals surface area contributed by atoms with Crippen LogP contribution < -0.4 is 4.72 Å². The Morgan fingerprint density at radius 1 is 1.00 bits per heavy atom. The van der Waals surface area contributed by atoms with Crippen LogP contribution in [0.1, 0.15) is 31.1 Å². The first-order valence-electron chi connectivity index (χ1n) is 8.14. The van der Waals surface area contributed by atoms with Crippen molar-refractivity contribution in [3.8, 4) is 11.4 Å². The van der Waals surface area contributed by atoms with Crippen molar-refractivity contribution in [1.82, 2.24) is 10.1 Å². The Morgan fingerprint density at radius 3 is 2.36 bits per heavy atom. The van der Waals surface area contributed by atoms with Crippen molar-refractivity contribution in [3.05, 3.63) is 60.5 Å². The highest BCUT2D eigenvalue weighted by Crippen LogP contribution is 2.36. The van der Waals surface area contributed by atoms with E-state index < -0.39 is 10.0 Å². The summed E-state index contributed by atoms with van der Waals surface area (Å²) in [6.07, 6.45) is 3.41. The molecule has 0 unspecified atom stereocenters. The summed E-state index contributed by atoms with van der Waals surface area (Å²) >= 11 is 0. The molecule has 0 radical (unpaired) electrons. The second-order valence-corrected chi connectivity index (χ2v) is 7.76. The number of aromatic nitrogens is 2. The van der Waals surface area contributed by atoms with Gasteiger partial charge in [0, 0.05) is 17.2 Å². The van der Waals surface area contributed by atoms with Crippen LogP contribution in [-0.4, -0.2) is 18.6 Å². The van der Waals surface area contributed by atoms with Gasteiger partial charge in [0.1, 0.15) is 0 Å². The van der Waals surface area contributed by atoms with Crippen molar-refractivity contribution >= 4 is 15.7 Å². The molecule has 1 aliphatic carbocycles. The van der Waals surface area contributed by atoms with E-state index >= 15 is 0 Å². The second kappa shape index (κ2) is 6.33. The van der Waals surface area contributed by atoms with E-state index in [9.17, 15) is 8.42 Å². The number of anilines is 1. The topological polar surface area (TPSA) is 85.1 Å². The molecule has 0 amide bonds. The molecule has 1 aliphatic rings. The molecule has 0 atom stereocenters. The van der Waals surface area contributed by atoms with E-state index in [1.54, 1.807) is 54.6 Å². The lowest BCUT2D eigenvalue weighted by Gasteiger charge is -2.20. The van der Waals surface area contributed by atoms with Crippen LogP contribution in [0.15, 0.2) is 64.0 Å². The number of nitrogens with one attached hydrogen (secondary N) is 1. The van der Waals surface area contributed by atoms with Crippen LogP contribution in [0, 0.1) is 0 Å². The lowest BCUT2D eigenvalue weighted by molar-refractivity contribution is 0.292. The highest BCUT2D eigenvalue weighted by Gasteiger charge is 2.25. The maximum absolute atomic E-state index is 12.3. The monoisotopic (exact) mass is 355 g/mol. The second-order valence-electron chi connectivity index (χ2n) is 6.08. The summed E-state index contributed by atoms with van der Waals surface area (Å²) in [5.74, 6) is 1.60. The van der Waals surface area contributed by atoms with E-state index in [-0.39, 0.29) is 4.90 Å². The smallest absolute Gasteiger partial charge is 0.261 e. The van der Waals surface area contributed by atoms with Crippen LogP contribution in [0.5, 0.6) is 0 Å². The number of nitrogens with zero attached hydrogens (tertiary/aromatic N) is 2. The molecule has 0 aliphatic heterocycles. The molecule has 4 rings (SSSR count). The molecule has 1 saturated carbocycles. The average molecular weight is 355 g/mol. The molecular weight excluding hydrogens is 338 g/mol. The first-order valence-corrected chi connectivity index (χ1v) is 9.62. The Hall–Kier alpha value is -2.67. The van der Waals surface area contributed by atoms with Crippen LogP contribution >= 0.6 is 0 Å². The summed E-state index contributed by atoms with van der Waals surface area (Å²) in [6.45, 7) is 0. The molecule has 128 valence electrons. The zero-order valence-electron chi connectivity index (χ0n) is 13.4. The van der Waals surface area contributed by atoms with E-state index in [1.165, 1.54) is 6.42 Å². The fourth-order valence-corrected chi connectivity index (χ4v) is 3.75. The third kappa shape index (κ3) is 3.28. The summed E-state index contributed by atoms with van der Waals surface area (Å²) < 4.78 is 32.5. The third-order valence-electron chi connectivity index (χ3n) is 4.34. The molecule has 1 fully saturated rings. The molecule has 2 aromatic carbocycles. The Kier molecular flexibility index (Phi) is 4.01. The summed E-state index contributed by atoms with van der Waals surface area (Å²) in [7, 11) is -3.59. The predicted octanol–water partition coefficient (Wildman–Crippen LogP) is 3.80. The van der Waals surface area contributed by atoms with Gasteiger partial charge in [-0.1, -0.05) is 29.8 Å². The molecule has 1 N–H and O–H groups in total. The zero-order valence-corrected chi connectivity index (χ0v) is 14.2. The van der Waals surface area contributed by atoms with Gasteiger partial charge in [0.25, 0.3) is 10.0 Å². The minimum absolute atomic E-state index is 0.224. The molecule has 6 nitrogen and oxygen atoms in total. The number of sulfonamides is 1. The maximum Gasteiger partial charge on any atom is 0.261 e. The van der Waals surface area contributed by atoms with Gasteiger partial charge in [0.2, 0.25) is 11.7 Å². The van der Waals surface area contributed by atoms with E-state index in [2.05, 4.69) is 14.9 Å². The van der Waals surface area contributed by atoms with Crippen molar-refractivity contribution in [3.63, 3.8) is 0 Å². The largest absolute Gasteiger partial charge is 0.339 e. The fraction of sp³-hybridized carbons (Fsp3) is 0.222. The van der Waals surface area contributed by atoms with Crippen molar-refractivity contribution in [2.45, 2.75) is 30.1 Å². The highest BCUT2D eigenvalue weighted by atomic mass is 32.2. The Bertz CT molecular complexity index is 962. The molecular formula is C18H17N3O3S. The van der Waals surface area contributed by atoms with Crippen LogP contribution in [0.25, 0.3) is 11.4 Å². The molecule has 7 heteroatoms. The normalized spacial score (nSPS) is 14.9. The van der Waals surface area contributed by atoms with Gasteiger partial charge in [-0.2, -0.15) is 4.98 Å². The van der Waals surface area contributed by atoms with Gasteiger partial charge in [-0.05, 0) is 49.2 Å². The summed E-state index contributed by atoms with van der Waals surface area (Å²) in [5, 5.41) is 4.02. The van der Waals surface area contributed by atoms with Gasteiger partial charge < -0.3 is 4.52 Å². The quantitative estimate of drug-likeness (QED) is 0.752. The Morgan fingerprint density at radius 2 is 1.72 bits per heavy atom. The number of benzene rings is 2. The van der Waals surface area contributed by atoms with Crippen LogP contribution in [0.4, 0.5) is 5.69 Å². The molecule has 25 heavy (non-hydrogen) atoms. The van der Waals surface area contributed by atoms with Gasteiger partial charge in [-0.25, -0.2) is 8.42 Å². The third-order valence-corrected chi connectivity index (χ3v) is 5.74. The standard InChI is InChI=1S/C18H17N3O3S/c22-25(23,16-7-2-1-3-8-16)21-15-11-9-13(10-12-15)17-19-18(24-20-17)14-5-4-6-14/h1-3,7-12,14,21H,4-6H2. The molecule has 0 bridgehead atoms. The number of hydrogen-bond donors (Lipinski definition) is 1. The molecule has 1 heterocycles. The first-order chi connectivity index (χ1) is 12.1. The van der Waals surface area contributed by atoms with E-state index in [1.807, 2.05) is 0 Å². The molecule has 0 saturated heterocycles. The minimum Gasteiger partial charge on any atom is -0.339 e. The average Bonchev–Trinajstić information content (AvgIpc) is 3.04. The molecule has 3 aromatic rings. The molecule has 0 spiro atoms. The van der Waals surface area contributed by atoms with Gasteiger partial charge in [0.05, 0.1) is 4.90 Å². The zero-order chi connectivity index (χ0) is 17.3. The van der Waals surface area contributed by atoms with Gasteiger partial charge >= 0.3 is 0 Å². The van der Waals surface area contributed by atoms with E-state index in [0.29, 0.717) is 23.3 Å². The lowest BCUT2D eigenvalue weighted by Crippen LogP contribution is -2.12. The van der Waals surface area contributed by atoms with E-state index in [4.69, 9.17) is 4.52 Å². The molecule has 1 aromatic heterocycles. The van der Waals surface area contributed by atoms with Crippen molar-refractivity contribution in [2.75, 3.05) is 4.72 Å². The van der Waals surface area contributed by atoms with Gasteiger partial charge in [-0.15, -0.1) is 0 Å². The number of rotatable bonds is 5. The summed E-state index contributed by atoms with van der Waals surface area (Å²) in [4.78, 5) is 4.66. The fourth-order valence-electron chi connectivity index (χ4n) is 2.67. The maximum atomic E-state index is 12.3. The van der Waals surface area contributed by atoms with Gasteiger partial charge in [0.15, 0.2) is 0 Å². The minimum atomic E-state index is -3.59. The number of hydrogen-bond acceptors (Lipinski definition) is 5.